The van der Waals surface area contributed by atoms with Crippen LogP contribution in [-0.4, -0.2) is 34.8 Å². The van der Waals surface area contributed by atoms with Crippen LogP contribution in [0.25, 0.3) is 11.1 Å². The number of hydrogen-bond donors (Lipinski definition) is 2. The lowest BCUT2D eigenvalue weighted by Gasteiger charge is -2.17. The predicted molar refractivity (Wildman–Crippen MR) is 108 cm³/mol. The predicted octanol–water partition coefficient (Wildman–Crippen LogP) is 3.76. The first kappa shape index (κ1) is 19.6. The molecule has 0 saturated carbocycles. The van der Waals surface area contributed by atoms with Gasteiger partial charge < -0.3 is 15.2 Å². The van der Waals surface area contributed by atoms with Gasteiger partial charge in [-0.25, -0.2) is 14.0 Å². The molecule has 1 amide bonds. The van der Waals surface area contributed by atoms with Crippen molar-refractivity contribution in [2.45, 2.75) is 18.4 Å². The number of ether oxygens (including phenoxy) is 1. The van der Waals surface area contributed by atoms with Crippen LogP contribution in [0, 0.1) is 5.82 Å². The molecule has 3 aromatic rings. The van der Waals surface area contributed by atoms with Crippen molar-refractivity contribution >= 4 is 12.1 Å². The Morgan fingerprint density at radius 1 is 1.07 bits per heavy atom. The molecule has 30 heavy (non-hydrogen) atoms. The lowest BCUT2D eigenvalue weighted by molar-refractivity contribution is -0.139. The molecule has 4 rings (SSSR count). The van der Waals surface area contributed by atoms with Gasteiger partial charge in [-0.3, -0.25) is 4.98 Å². The minimum atomic E-state index is -1.26. The Kier molecular flexibility index (Phi) is 5.43. The zero-order valence-electron chi connectivity index (χ0n) is 15.9. The van der Waals surface area contributed by atoms with E-state index in [9.17, 15) is 19.1 Å². The maximum atomic E-state index is 13.3. The van der Waals surface area contributed by atoms with Crippen LogP contribution in [-0.2, 0) is 16.0 Å². The number of aromatic nitrogens is 1. The number of carbonyl (C=O) groups excluding carboxylic acids is 1. The van der Waals surface area contributed by atoms with E-state index in [2.05, 4.69) is 10.3 Å². The van der Waals surface area contributed by atoms with E-state index in [-0.39, 0.29) is 18.9 Å². The molecule has 1 aromatic heterocycles. The number of amides is 1. The average molecular weight is 406 g/mol. The number of carbonyl (C=O) groups is 2. The SMILES string of the molecule is O=C(N[C@H](Cc1cncc(F)c1)C(=O)O)OCC1c2ccccc2-c2ccccc21. The van der Waals surface area contributed by atoms with Crippen molar-refractivity contribution in [3.63, 3.8) is 0 Å². The molecule has 0 saturated heterocycles. The second-order valence-electron chi connectivity index (χ2n) is 7.08. The van der Waals surface area contributed by atoms with E-state index >= 15 is 0 Å². The number of benzene rings is 2. The van der Waals surface area contributed by atoms with Gasteiger partial charge in [-0.2, -0.15) is 0 Å². The van der Waals surface area contributed by atoms with E-state index in [0.29, 0.717) is 5.56 Å². The molecule has 0 fully saturated rings. The van der Waals surface area contributed by atoms with Crippen molar-refractivity contribution in [2.75, 3.05) is 6.61 Å². The number of carboxylic acid groups (broad SMARTS) is 1. The van der Waals surface area contributed by atoms with Crippen LogP contribution >= 0.6 is 0 Å². The summed E-state index contributed by atoms with van der Waals surface area (Å²) in [5.41, 5.74) is 4.69. The van der Waals surface area contributed by atoms with E-state index < -0.39 is 23.9 Å². The first-order chi connectivity index (χ1) is 14.5. The summed E-state index contributed by atoms with van der Waals surface area (Å²) in [6.07, 6.45) is 1.44. The van der Waals surface area contributed by atoms with Crippen LogP contribution in [0.5, 0.6) is 0 Å². The minimum absolute atomic E-state index is 0.0771. The van der Waals surface area contributed by atoms with E-state index in [0.717, 1.165) is 28.5 Å². The number of pyridine rings is 1. The first-order valence-electron chi connectivity index (χ1n) is 9.46. The van der Waals surface area contributed by atoms with Crippen molar-refractivity contribution in [1.82, 2.24) is 10.3 Å². The Balaban J connectivity index is 1.43. The summed E-state index contributed by atoms with van der Waals surface area (Å²) in [5, 5.41) is 11.8. The quantitative estimate of drug-likeness (QED) is 0.651. The number of carboxylic acids is 1. The lowest BCUT2D eigenvalue weighted by Crippen LogP contribution is -2.43. The number of nitrogens with zero attached hydrogens (tertiary/aromatic N) is 1. The Hall–Kier alpha value is -3.74. The number of hydrogen-bond acceptors (Lipinski definition) is 4. The van der Waals surface area contributed by atoms with E-state index in [1.807, 2.05) is 48.5 Å². The van der Waals surface area contributed by atoms with Crippen molar-refractivity contribution < 1.29 is 23.8 Å². The summed E-state index contributed by atoms with van der Waals surface area (Å²) in [7, 11) is 0. The number of halogens is 1. The normalized spacial score (nSPS) is 13.2. The van der Waals surface area contributed by atoms with Gasteiger partial charge in [-0.1, -0.05) is 48.5 Å². The molecule has 0 unspecified atom stereocenters. The van der Waals surface area contributed by atoms with Gasteiger partial charge in [0.2, 0.25) is 0 Å². The average Bonchev–Trinajstić information content (AvgIpc) is 3.06. The van der Waals surface area contributed by atoms with Gasteiger partial charge in [0.25, 0.3) is 0 Å². The Morgan fingerprint density at radius 3 is 2.30 bits per heavy atom. The van der Waals surface area contributed by atoms with Gasteiger partial charge in [-0.05, 0) is 33.9 Å². The van der Waals surface area contributed by atoms with Crippen molar-refractivity contribution in [3.8, 4) is 11.1 Å². The maximum absolute atomic E-state index is 13.3. The topological polar surface area (TPSA) is 88.5 Å². The van der Waals surface area contributed by atoms with Gasteiger partial charge >= 0.3 is 12.1 Å². The number of fused-ring (bicyclic) bond motifs is 3. The van der Waals surface area contributed by atoms with Crippen LogP contribution in [0.15, 0.2) is 67.0 Å². The summed E-state index contributed by atoms with van der Waals surface area (Å²) < 4.78 is 18.7. The fourth-order valence-electron chi connectivity index (χ4n) is 3.79. The number of alkyl carbamates (subject to hydrolysis) is 1. The molecule has 1 aliphatic rings. The van der Waals surface area contributed by atoms with Crippen LogP contribution in [0.1, 0.15) is 22.6 Å². The molecule has 0 aliphatic heterocycles. The van der Waals surface area contributed by atoms with E-state index in [1.165, 1.54) is 12.3 Å². The van der Waals surface area contributed by atoms with Gasteiger partial charge in [0.15, 0.2) is 0 Å². The van der Waals surface area contributed by atoms with Gasteiger partial charge in [0.1, 0.15) is 18.5 Å². The zero-order chi connectivity index (χ0) is 21.1. The van der Waals surface area contributed by atoms with Crippen molar-refractivity contribution in [3.05, 3.63) is 89.5 Å². The van der Waals surface area contributed by atoms with Crippen LogP contribution in [0.4, 0.5) is 9.18 Å². The second kappa shape index (κ2) is 8.32. The van der Waals surface area contributed by atoms with E-state index in [1.54, 1.807) is 0 Å². The molecule has 2 aromatic carbocycles. The lowest BCUT2D eigenvalue weighted by atomic mass is 9.98. The highest BCUT2D eigenvalue weighted by Crippen LogP contribution is 2.44. The molecule has 0 radical (unpaired) electrons. The summed E-state index contributed by atoms with van der Waals surface area (Å²) in [5.74, 6) is -1.94. The molecular weight excluding hydrogens is 387 g/mol. The molecule has 1 heterocycles. The third kappa shape index (κ3) is 4.00. The summed E-state index contributed by atoms with van der Waals surface area (Å²) >= 11 is 0. The molecule has 6 nitrogen and oxygen atoms in total. The highest BCUT2D eigenvalue weighted by molar-refractivity contribution is 5.81. The fraction of sp³-hybridized carbons (Fsp3) is 0.174. The summed E-state index contributed by atoms with van der Waals surface area (Å²) in [6, 6.07) is 15.8. The summed E-state index contributed by atoms with van der Waals surface area (Å²) in [4.78, 5) is 27.5. The smallest absolute Gasteiger partial charge is 0.407 e. The third-order valence-corrected chi connectivity index (χ3v) is 5.14. The monoisotopic (exact) mass is 406 g/mol. The molecule has 152 valence electrons. The first-order valence-corrected chi connectivity index (χ1v) is 9.46. The third-order valence-electron chi connectivity index (χ3n) is 5.14. The highest BCUT2D eigenvalue weighted by atomic mass is 19.1. The van der Waals surface area contributed by atoms with Crippen molar-refractivity contribution in [2.24, 2.45) is 0 Å². The van der Waals surface area contributed by atoms with Gasteiger partial charge in [-0.15, -0.1) is 0 Å². The van der Waals surface area contributed by atoms with Crippen LogP contribution in [0.3, 0.4) is 0 Å². The van der Waals surface area contributed by atoms with Gasteiger partial charge in [0.05, 0.1) is 6.20 Å². The molecular formula is C23H19FN2O4. The maximum Gasteiger partial charge on any atom is 0.407 e. The molecule has 1 atom stereocenters. The molecule has 7 heteroatoms. The zero-order valence-corrected chi connectivity index (χ0v) is 15.9. The number of nitrogens with one attached hydrogen (secondary N) is 1. The fourth-order valence-corrected chi connectivity index (χ4v) is 3.79. The van der Waals surface area contributed by atoms with Crippen LogP contribution in [0.2, 0.25) is 0 Å². The number of aliphatic carboxylic acids is 1. The van der Waals surface area contributed by atoms with Crippen molar-refractivity contribution in [1.29, 1.82) is 0 Å². The minimum Gasteiger partial charge on any atom is -0.480 e. The highest BCUT2D eigenvalue weighted by Gasteiger charge is 2.29. The Bertz CT molecular complexity index is 1060. The molecule has 0 bridgehead atoms. The molecule has 2 N–H and O–H groups in total. The Morgan fingerprint density at radius 2 is 1.70 bits per heavy atom. The number of rotatable bonds is 6. The van der Waals surface area contributed by atoms with E-state index in [4.69, 9.17) is 4.74 Å². The largest absolute Gasteiger partial charge is 0.480 e. The van der Waals surface area contributed by atoms with Gasteiger partial charge in [0, 0.05) is 18.5 Å². The van der Waals surface area contributed by atoms with Crippen LogP contribution < -0.4 is 5.32 Å². The molecule has 0 spiro atoms. The Labute approximate surface area is 172 Å². The molecule has 1 aliphatic carbocycles. The second-order valence-corrected chi connectivity index (χ2v) is 7.08. The standard InChI is InChI=1S/C23H19FN2O4/c24-15-9-14(11-25-12-15)10-21(22(27)28)26-23(29)30-13-20-18-7-3-1-5-16(18)17-6-2-4-8-19(17)20/h1-9,11-12,20-21H,10,13H2,(H,26,29)(H,27,28)/t21-/m1/s1. The summed E-state index contributed by atoms with van der Waals surface area (Å²) in [6.45, 7) is 0.0771.